The van der Waals surface area contributed by atoms with E-state index in [0.29, 0.717) is 0 Å². The zero-order valence-corrected chi connectivity index (χ0v) is 20.9. The summed E-state index contributed by atoms with van der Waals surface area (Å²) in [4.78, 5) is 0. The average molecular weight is 593 g/mol. The van der Waals surface area contributed by atoms with Gasteiger partial charge in [0.05, 0.1) is 0 Å². The van der Waals surface area contributed by atoms with Crippen LogP contribution in [0.2, 0.25) is 0 Å². The number of alkyl halides is 3. The molecule has 0 aromatic heterocycles. The fraction of sp³-hybridized carbons (Fsp3) is 1.00. The molecule has 0 amide bonds. The van der Waals surface area contributed by atoms with Gasteiger partial charge in [0.1, 0.15) is 0 Å². The number of rotatable bonds is 0. The summed E-state index contributed by atoms with van der Waals surface area (Å²) in [6.07, 6.45) is 0. The second-order valence-corrected chi connectivity index (χ2v) is 8.35. The van der Waals surface area contributed by atoms with E-state index < -0.39 is 17.4 Å². The van der Waals surface area contributed by atoms with Gasteiger partial charge < -0.3 is 0 Å². The Morgan fingerprint density at radius 2 is 0.750 bits per heavy atom. The van der Waals surface area contributed by atoms with E-state index in [0.717, 1.165) is 0 Å². The van der Waals surface area contributed by atoms with Crippen LogP contribution in [0.3, 0.4) is 0 Å². The summed E-state index contributed by atoms with van der Waals surface area (Å²) in [7, 11) is 9.90. The first-order valence-corrected chi connectivity index (χ1v) is 10.5. The van der Waals surface area contributed by atoms with Crippen LogP contribution >= 0.6 is 92.0 Å². The predicted molar refractivity (Wildman–Crippen MR) is 87.9 cm³/mol. The molecule has 0 aliphatic heterocycles. The second-order valence-electron chi connectivity index (χ2n) is 0.882. The van der Waals surface area contributed by atoms with E-state index in [1.165, 1.54) is 6.92 Å². The Balaban J connectivity index is -0.00000000388. The standard InChI is InChI=1S/C2H3Cl3.Cl2GeH2.3ClH.4FH.Sb.3H/c1-2(3,4)5;1-3-2;;;;;;;;;;;/h1H3;3H2;7*1H;;;;. The van der Waals surface area contributed by atoms with Crippen LogP contribution < -0.4 is 0 Å². The molecule has 0 aliphatic carbocycles. The van der Waals surface area contributed by atoms with E-state index >= 15 is 0 Å². The normalized spacial score (nSPS) is 4.88. The van der Waals surface area contributed by atoms with Gasteiger partial charge in [0.2, 0.25) is 0 Å². The second kappa shape index (κ2) is 51.5. The van der Waals surface area contributed by atoms with E-state index in [4.69, 9.17) is 54.8 Å². The molecule has 0 fully saturated rings. The number of hydrogen-bond acceptors (Lipinski definition) is 0. The third kappa shape index (κ3) is 405. The average Bonchev–Trinajstić information content (AvgIpc) is 1.27. The van der Waals surface area contributed by atoms with Crippen molar-refractivity contribution in [2.75, 3.05) is 0 Å². The van der Waals surface area contributed by atoms with Gasteiger partial charge >= 0.3 is 58.0 Å². The summed E-state index contributed by atoms with van der Waals surface area (Å²) < 4.78 is -1.08. The molecule has 16 heavy (non-hydrogen) atoms. The zero-order valence-electron chi connectivity index (χ0n) is 7.66. The van der Waals surface area contributed by atoms with Gasteiger partial charge in [-0.3, -0.25) is 18.8 Å². The summed E-state index contributed by atoms with van der Waals surface area (Å²) in [6.45, 7) is 1.48. The van der Waals surface area contributed by atoms with Crippen molar-refractivity contribution in [2.45, 2.75) is 10.7 Å². The van der Waals surface area contributed by atoms with Crippen molar-refractivity contribution in [1.29, 1.82) is 0 Å². The van der Waals surface area contributed by atoms with Gasteiger partial charge in [-0.25, -0.2) is 0 Å². The van der Waals surface area contributed by atoms with Gasteiger partial charge in [0, 0.05) is 0 Å². The van der Waals surface area contributed by atoms with Crippen molar-refractivity contribution in [3.05, 3.63) is 0 Å². The van der Waals surface area contributed by atoms with Gasteiger partial charge in [0.15, 0.2) is 3.79 Å². The molecule has 0 bridgehead atoms. The molecule has 0 radical (unpaired) electrons. The summed E-state index contributed by atoms with van der Waals surface area (Å²) in [5.74, 6) is 0. The zero-order chi connectivity index (χ0) is 7.21. The van der Waals surface area contributed by atoms with Crippen LogP contribution in [0.15, 0.2) is 0 Å². The van der Waals surface area contributed by atoms with Gasteiger partial charge in [-0.1, -0.05) is 34.8 Å². The van der Waals surface area contributed by atoms with Gasteiger partial charge in [0.25, 0.3) is 0 Å². The van der Waals surface area contributed by atoms with Crippen molar-refractivity contribution in [3.63, 3.8) is 0 Å². The molecule has 0 aliphatic rings. The Labute approximate surface area is 158 Å². The van der Waals surface area contributed by atoms with Crippen molar-refractivity contribution in [2.24, 2.45) is 0 Å². The molecule has 0 aromatic rings. The van der Waals surface area contributed by atoms with Crippen LogP contribution in [0.25, 0.3) is 0 Å². The maximum atomic E-state index is 5.06. The van der Waals surface area contributed by atoms with Crippen molar-refractivity contribution >= 4 is 130 Å². The van der Waals surface area contributed by atoms with Gasteiger partial charge in [-0.15, -0.1) is 37.2 Å². The Hall–Kier alpha value is 3.40. The fourth-order valence-corrected chi connectivity index (χ4v) is 0. The molecule has 0 atom stereocenters. The van der Waals surface area contributed by atoms with E-state index in [2.05, 4.69) is 0 Å². The quantitative estimate of drug-likeness (QED) is 0.229. The molecular formula is C2H15Cl8F4GeSb. The van der Waals surface area contributed by atoms with Crippen LogP contribution in [0.1, 0.15) is 6.92 Å². The molecule has 14 heteroatoms. The fourth-order valence-electron chi connectivity index (χ4n) is 0. The first kappa shape index (κ1) is 74.3. The Bertz CT molecular complexity index is 53.8. The molecule has 0 N–H and O–H groups in total. The van der Waals surface area contributed by atoms with Gasteiger partial charge in [-0.2, -0.15) is 0 Å². The van der Waals surface area contributed by atoms with E-state index in [1.807, 2.05) is 0 Å². The van der Waals surface area contributed by atoms with Crippen LogP contribution in [-0.2, 0) is 0 Å². The third-order valence-electron chi connectivity index (χ3n) is 0. The van der Waals surface area contributed by atoms with E-state index in [1.54, 1.807) is 0 Å². The van der Waals surface area contributed by atoms with E-state index in [-0.39, 0.29) is 80.5 Å². The molecule has 0 nitrogen and oxygen atoms in total. The molecule has 0 unspecified atom stereocenters. The molecule has 0 saturated carbocycles. The minimum atomic E-state index is -1.08. The van der Waals surface area contributed by atoms with E-state index in [9.17, 15) is 0 Å². The van der Waals surface area contributed by atoms with Crippen LogP contribution in [0.4, 0.5) is 18.8 Å². The molecule has 116 valence electrons. The molecular weight excluding hydrogens is 578 g/mol. The van der Waals surface area contributed by atoms with Crippen molar-refractivity contribution in [3.8, 4) is 0 Å². The summed E-state index contributed by atoms with van der Waals surface area (Å²) >= 11 is 14.3. The first-order chi connectivity index (χ1) is 3.41. The topological polar surface area (TPSA) is 0 Å². The minimum absolute atomic E-state index is 0. The Morgan fingerprint density at radius 3 is 0.750 bits per heavy atom. The van der Waals surface area contributed by atoms with Crippen molar-refractivity contribution < 1.29 is 18.8 Å². The Kier molecular flexibility index (Phi) is 239. The summed E-state index contributed by atoms with van der Waals surface area (Å²) in [5.41, 5.74) is 0. The predicted octanol–water partition coefficient (Wildman–Crippen LogP) is 3.53. The van der Waals surface area contributed by atoms with Gasteiger partial charge in [-0.05, 0) is 6.92 Å². The molecule has 0 aromatic carbocycles. The van der Waals surface area contributed by atoms with Crippen molar-refractivity contribution in [1.82, 2.24) is 0 Å². The van der Waals surface area contributed by atoms with Crippen LogP contribution in [0.5, 0.6) is 0 Å². The number of halogens is 12. The SMILES string of the molecule is CC(Cl)(Cl)Cl.Cl.Cl.Cl.F.F.F.F.[Cl][GeH2][Cl].[SbH3]. The van der Waals surface area contributed by atoms with Crippen LogP contribution in [-0.4, -0.2) is 41.8 Å². The summed E-state index contributed by atoms with van der Waals surface area (Å²) in [5, 5.41) is 0. The molecule has 0 rings (SSSR count). The third-order valence-corrected chi connectivity index (χ3v) is 0. The Morgan fingerprint density at radius 1 is 0.750 bits per heavy atom. The molecule has 0 saturated heterocycles. The first-order valence-electron chi connectivity index (χ1n) is 1.60. The van der Waals surface area contributed by atoms with Crippen LogP contribution in [0, 0.1) is 0 Å². The summed E-state index contributed by atoms with van der Waals surface area (Å²) in [6, 6.07) is 0. The maximum absolute atomic E-state index is 5.06. The monoisotopic (exact) mass is 590 g/mol. The number of hydrogen-bond donors (Lipinski definition) is 0. The molecule has 0 heterocycles. The molecule has 0 spiro atoms.